The SMILES string of the molecule is Cc1cc(-c2cccc3c2Oc2ccccc2C3(C)C)c(C)cc1-c1cc(C)c(-c2cccc3c2Oc2ccccc2[Si]3(C)C)cc1C. The molecule has 0 aromatic heterocycles. The van der Waals surface area contributed by atoms with Crippen LogP contribution >= 0.6 is 0 Å². The van der Waals surface area contributed by atoms with Crippen molar-refractivity contribution in [1.82, 2.24) is 0 Å². The molecule has 0 bridgehead atoms. The molecule has 0 spiro atoms. The summed E-state index contributed by atoms with van der Waals surface area (Å²) in [4.78, 5) is 0. The van der Waals surface area contributed by atoms with E-state index < -0.39 is 8.07 Å². The van der Waals surface area contributed by atoms with Crippen LogP contribution in [0.25, 0.3) is 33.4 Å². The molecule has 0 unspecified atom stereocenters. The van der Waals surface area contributed by atoms with Gasteiger partial charge >= 0.3 is 0 Å². The fourth-order valence-corrected chi connectivity index (χ4v) is 11.0. The van der Waals surface area contributed by atoms with Gasteiger partial charge < -0.3 is 9.47 Å². The van der Waals surface area contributed by atoms with E-state index in [2.05, 4.69) is 164 Å². The molecule has 0 radical (unpaired) electrons. The second kappa shape index (κ2) is 10.8. The molecule has 0 N–H and O–H groups in total. The molecule has 0 atom stereocenters. The number of para-hydroxylation sites is 4. The monoisotopic (exact) mass is 642 g/mol. The van der Waals surface area contributed by atoms with E-state index in [9.17, 15) is 0 Å². The van der Waals surface area contributed by atoms with Crippen LogP contribution in [0.4, 0.5) is 0 Å². The van der Waals surface area contributed by atoms with Gasteiger partial charge in [-0.2, -0.15) is 0 Å². The normalized spacial score (nSPS) is 14.9. The van der Waals surface area contributed by atoms with Gasteiger partial charge in [-0.25, -0.2) is 0 Å². The van der Waals surface area contributed by atoms with Crippen molar-refractivity contribution in [3.63, 3.8) is 0 Å². The third-order valence-corrected chi connectivity index (χ3v) is 14.4. The molecule has 0 aliphatic carbocycles. The number of ether oxygens (including phenoxy) is 2. The summed E-state index contributed by atoms with van der Waals surface area (Å²) in [7, 11) is -1.91. The summed E-state index contributed by atoms with van der Waals surface area (Å²) in [6.45, 7) is 18.4. The van der Waals surface area contributed by atoms with Crippen molar-refractivity contribution in [2.75, 3.05) is 0 Å². The van der Waals surface area contributed by atoms with Crippen LogP contribution in [-0.4, -0.2) is 8.07 Å². The third-order valence-electron chi connectivity index (χ3n) is 10.9. The molecule has 8 rings (SSSR count). The first-order chi connectivity index (χ1) is 23.0. The topological polar surface area (TPSA) is 18.5 Å². The summed E-state index contributed by atoms with van der Waals surface area (Å²) in [6.07, 6.45) is 0. The maximum absolute atomic E-state index is 6.69. The Kier molecular flexibility index (Phi) is 6.88. The molecule has 2 nitrogen and oxygen atoms in total. The van der Waals surface area contributed by atoms with E-state index in [1.165, 1.54) is 71.6 Å². The molecule has 3 heteroatoms. The maximum Gasteiger partial charge on any atom is 0.139 e. The number of benzene rings is 6. The lowest BCUT2D eigenvalue weighted by molar-refractivity contribution is 0.419. The lowest BCUT2D eigenvalue weighted by Gasteiger charge is -2.35. The van der Waals surface area contributed by atoms with E-state index in [-0.39, 0.29) is 5.41 Å². The van der Waals surface area contributed by atoms with Crippen molar-refractivity contribution < 1.29 is 9.47 Å². The zero-order chi connectivity index (χ0) is 33.5. The standard InChI is InChI=1S/C45H42O2Si/c1-27-25-35(29(3)23-33(27)31-15-13-18-38-43(31)46-39-19-10-9-17-37(39)45(38,5)6)36-26-28(2)34(24-30(36)4)32-16-14-22-42-44(32)47-40-20-11-12-21-41(40)48(42,7)8/h9-26H,1-8H3. The fourth-order valence-electron chi connectivity index (χ4n) is 8.15. The molecule has 238 valence electrons. The highest BCUT2D eigenvalue weighted by Gasteiger charge is 2.38. The maximum atomic E-state index is 6.69. The molecule has 2 heterocycles. The predicted molar refractivity (Wildman–Crippen MR) is 204 cm³/mol. The lowest BCUT2D eigenvalue weighted by atomic mass is 9.74. The van der Waals surface area contributed by atoms with Crippen molar-refractivity contribution in [2.45, 2.75) is 60.1 Å². The molecule has 48 heavy (non-hydrogen) atoms. The van der Waals surface area contributed by atoms with Gasteiger partial charge in [0.1, 0.15) is 31.1 Å². The van der Waals surface area contributed by atoms with E-state index in [0.29, 0.717) is 0 Å². The minimum atomic E-state index is -1.91. The highest BCUT2D eigenvalue weighted by atomic mass is 28.3. The molecule has 6 aromatic carbocycles. The highest BCUT2D eigenvalue weighted by Crippen LogP contribution is 2.52. The number of aryl methyl sites for hydroxylation is 4. The minimum Gasteiger partial charge on any atom is -0.457 e. The minimum absolute atomic E-state index is 0.149. The summed E-state index contributed by atoms with van der Waals surface area (Å²) in [5, 5.41) is 2.73. The van der Waals surface area contributed by atoms with Crippen LogP contribution in [0.3, 0.4) is 0 Å². The van der Waals surface area contributed by atoms with Crippen molar-refractivity contribution in [3.05, 3.63) is 143 Å². The van der Waals surface area contributed by atoms with Gasteiger partial charge in [-0.3, -0.25) is 0 Å². The Balaban J connectivity index is 1.20. The van der Waals surface area contributed by atoms with E-state index in [1.54, 1.807) is 0 Å². The summed E-state index contributed by atoms with van der Waals surface area (Å²) in [6, 6.07) is 39.8. The first kappa shape index (κ1) is 30.5. The third kappa shape index (κ3) is 4.52. The van der Waals surface area contributed by atoms with Gasteiger partial charge in [-0.05, 0) is 94.7 Å². The smallest absolute Gasteiger partial charge is 0.139 e. The predicted octanol–water partition coefficient (Wildman–Crippen LogP) is 11.3. The fraction of sp³-hybridized carbons (Fsp3) is 0.200. The Morgan fingerprint density at radius 3 is 1.50 bits per heavy atom. The Labute approximate surface area is 286 Å². The average molecular weight is 643 g/mol. The van der Waals surface area contributed by atoms with Crippen LogP contribution in [0.5, 0.6) is 23.0 Å². The van der Waals surface area contributed by atoms with E-state index >= 15 is 0 Å². The number of rotatable bonds is 3. The Morgan fingerprint density at radius 1 is 0.438 bits per heavy atom. The van der Waals surface area contributed by atoms with Gasteiger partial charge in [0.25, 0.3) is 0 Å². The van der Waals surface area contributed by atoms with Crippen molar-refractivity contribution >= 4 is 18.4 Å². The zero-order valence-electron chi connectivity index (χ0n) is 29.2. The van der Waals surface area contributed by atoms with Crippen molar-refractivity contribution in [2.24, 2.45) is 0 Å². The van der Waals surface area contributed by atoms with Crippen LogP contribution in [-0.2, 0) is 5.41 Å². The zero-order valence-corrected chi connectivity index (χ0v) is 30.2. The van der Waals surface area contributed by atoms with Crippen molar-refractivity contribution in [1.29, 1.82) is 0 Å². The summed E-state index contributed by atoms with van der Waals surface area (Å²) in [5.41, 5.74) is 14.6. The summed E-state index contributed by atoms with van der Waals surface area (Å²) < 4.78 is 13.4. The van der Waals surface area contributed by atoms with Crippen LogP contribution in [0, 0.1) is 27.7 Å². The number of hydrogen-bond acceptors (Lipinski definition) is 2. The highest BCUT2D eigenvalue weighted by molar-refractivity contribution is 7.01. The Morgan fingerprint density at radius 2 is 0.875 bits per heavy atom. The van der Waals surface area contributed by atoms with E-state index in [1.807, 2.05) is 0 Å². The molecule has 2 aliphatic heterocycles. The van der Waals surface area contributed by atoms with Gasteiger partial charge in [-0.15, -0.1) is 0 Å². The summed E-state index contributed by atoms with van der Waals surface area (Å²) >= 11 is 0. The molecule has 0 fully saturated rings. The molecule has 2 aliphatic rings. The van der Waals surface area contributed by atoms with Crippen LogP contribution in [0.15, 0.2) is 109 Å². The van der Waals surface area contributed by atoms with Gasteiger partial charge in [0, 0.05) is 27.7 Å². The quantitative estimate of drug-likeness (QED) is 0.179. The molecule has 6 aromatic rings. The first-order valence-corrected chi connectivity index (χ1v) is 20.0. The molecule has 0 saturated carbocycles. The molecular formula is C45H42O2Si. The van der Waals surface area contributed by atoms with Gasteiger partial charge in [0.2, 0.25) is 0 Å². The van der Waals surface area contributed by atoms with Crippen molar-refractivity contribution in [3.8, 4) is 56.4 Å². The largest absolute Gasteiger partial charge is 0.457 e. The van der Waals surface area contributed by atoms with E-state index in [0.717, 1.165) is 28.6 Å². The second-order valence-corrected chi connectivity index (χ2v) is 19.1. The molecular weight excluding hydrogens is 601 g/mol. The summed E-state index contributed by atoms with van der Waals surface area (Å²) in [5.74, 6) is 3.94. The van der Waals surface area contributed by atoms with Crippen LogP contribution in [0.2, 0.25) is 13.1 Å². The second-order valence-electron chi connectivity index (χ2n) is 14.8. The Bertz CT molecular complexity index is 2130. The molecule has 0 amide bonds. The van der Waals surface area contributed by atoms with Crippen LogP contribution in [0.1, 0.15) is 47.2 Å². The van der Waals surface area contributed by atoms with Crippen LogP contribution < -0.4 is 19.8 Å². The van der Waals surface area contributed by atoms with Gasteiger partial charge in [-0.1, -0.05) is 124 Å². The molecule has 0 saturated heterocycles. The average Bonchev–Trinajstić information content (AvgIpc) is 3.06. The number of hydrogen-bond donors (Lipinski definition) is 0. The Hall–Kier alpha value is -4.86. The lowest BCUT2D eigenvalue weighted by Crippen LogP contribution is -2.56. The van der Waals surface area contributed by atoms with E-state index in [4.69, 9.17) is 9.47 Å². The first-order valence-electron chi connectivity index (χ1n) is 17.0. The van der Waals surface area contributed by atoms with Gasteiger partial charge in [0.05, 0.1) is 0 Å². The number of fused-ring (bicyclic) bond motifs is 4. The van der Waals surface area contributed by atoms with Gasteiger partial charge in [0.15, 0.2) is 0 Å².